The van der Waals surface area contributed by atoms with E-state index in [4.69, 9.17) is 0 Å². The number of H-pyrrole nitrogens is 1. The summed E-state index contributed by atoms with van der Waals surface area (Å²) < 4.78 is 1.17. The van der Waals surface area contributed by atoms with Gasteiger partial charge in [-0.1, -0.05) is 35.2 Å². The SMILES string of the molecule is Brc1ccc2[nH]cc([C@@H](C3CCCCC3)N3CCNCC3)c2c1.Cl.Cl. The van der Waals surface area contributed by atoms with E-state index in [1.807, 2.05) is 0 Å². The van der Waals surface area contributed by atoms with E-state index in [0.717, 1.165) is 19.0 Å². The van der Waals surface area contributed by atoms with Gasteiger partial charge in [0, 0.05) is 53.8 Å². The first-order valence-corrected chi connectivity index (χ1v) is 9.83. The quantitative estimate of drug-likeness (QED) is 0.667. The van der Waals surface area contributed by atoms with Gasteiger partial charge in [-0.05, 0) is 42.5 Å². The number of aromatic nitrogens is 1. The number of hydrogen-bond donors (Lipinski definition) is 2. The Hall–Kier alpha value is -0.260. The first kappa shape index (κ1) is 21.0. The predicted molar refractivity (Wildman–Crippen MR) is 114 cm³/mol. The summed E-state index contributed by atoms with van der Waals surface area (Å²) in [6, 6.07) is 7.18. The molecule has 2 aromatic rings. The molecule has 140 valence electrons. The molecule has 0 unspecified atom stereocenters. The Kier molecular flexibility index (Phi) is 8.09. The summed E-state index contributed by atoms with van der Waals surface area (Å²) in [5.41, 5.74) is 2.77. The van der Waals surface area contributed by atoms with Gasteiger partial charge in [0.15, 0.2) is 0 Å². The highest BCUT2D eigenvalue weighted by molar-refractivity contribution is 9.10. The topological polar surface area (TPSA) is 31.1 Å². The van der Waals surface area contributed by atoms with Crippen LogP contribution in [0.2, 0.25) is 0 Å². The molecular formula is C19H28BrCl2N3. The van der Waals surface area contributed by atoms with Crippen molar-refractivity contribution >= 4 is 51.6 Å². The zero-order chi connectivity index (χ0) is 15.6. The number of piperazine rings is 1. The van der Waals surface area contributed by atoms with Crippen LogP contribution in [-0.4, -0.2) is 36.1 Å². The molecule has 0 radical (unpaired) electrons. The van der Waals surface area contributed by atoms with Crippen LogP contribution >= 0.6 is 40.7 Å². The summed E-state index contributed by atoms with van der Waals surface area (Å²) in [6.07, 6.45) is 9.27. The van der Waals surface area contributed by atoms with Crippen LogP contribution < -0.4 is 5.32 Å². The summed E-state index contributed by atoms with van der Waals surface area (Å²) in [6.45, 7) is 4.58. The second-order valence-corrected chi connectivity index (χ2v) is 7.98. The van der Waals surface area contributed by atoms with Crippen molar-refractivity contribution in [2.24, 2.45) is 5.92 Å². The van der Waals surface area contributed by atoms with Gasteiger partial charge < -0.3 is 10.3 Å². The number of benzene rings is 1. The Bertz CT molecular complexity index is 646. The van der Waals surface area contributed by atoms with Crippen LogP contribution in [0.1, 0.15) is 43.7 Å². The summed E-state index contributed by atoms with van der Waals surface area (Å²) in [5, 5.41) is 4.90. The van der Waals surface area contributed by atoms with Gasteiger partial charge in [0.05, 0.1) is 0 Å². The molecule has 1 aromatic carbocycles. The summed E-state index contributed by atoms with van der Waals surface area (Å²) in [7, 11) is 0. The standard InChI is InChI=1S/C19H26BrN3.2ClH/c20-15-6-7-18-16(12-15)17(13-22-18)19(14-4-2-1-3-5-14)23-10-8-21-9-11-23;;/h6-7,12-14,19,21-22H,1-5,8-11H2;2*1H/t19-;;/m1../s1. The maximum absolute atomic E-state index is 3.65. The first-order valence-electron chi connectivity index (χ1n) is 9.04. The molecule has 1 aliphatic heterocycles. The lowest BCUT2D eigenvalue weighted by molar-refractivity contribution is 0.104. The smallest absolute Gasteiger partial charge is 0.0458 e. The number of nitrogens with zero attached hydrogens (tertiary/aromatic N) is 1. The molecule has 1 aromatic heterocycles. The lowest BCUT2D eigenvalue weighted by Gasteiger charge is -2.41. The maximum atomic E-state index is 3.65. The fourth-order valence-electron chi connectivity index (χ4n) is 4.52. The van der Waals surface area contributed by atoms with Crippen LogP contribution in [-0.2, 0) is 0 Å². The highest BCUT2D eigenvalue weighted by Crippen LogP contribution is 2.41. The molecule has 25 heavy (non-hydrogen) atoms. The van der Waals surface area contributed by atoms with Crippen molar-refractivity contribution in [3.05, 3.63) is 34.4 Å². The van der Waals surface area contributed by atoms with Crippen LogP contribution in [0, 0.1) is 5.92 Å². The lowest BCUT2D eigenvalue weighted by Crippen LogP contribution is -2.47. The minimum absolute atomic E-state index is 0. The van der Waals surface area contributed by atoms with Gasteiger partial charge in [0.2, 0.25) is 0 Å². The third-order valence-corrected chi connectivity index (χ3v) is 6.13. The molecule has 2 N–H and O–H groups in total. The average Bonchev–Trinajstić information content (AvgIpc) is 3.00. The molecule has 1 saturated heterocycles. The number of aromatic amines is 1. The van der Waals surface area contributed by atoms with E-state index in [0.29, 0.717) is 6.04 Å². The average molecular weight is 449 g/mol. The van der Waals surface area contributed by atoms with E-state index in [1.165, 1.54) is 66.1 Å². The highest BCUT2D eigenvalue weighted by atomic mass is 79.9. The second-order valence-electron chi connectivity index (χ2n) is 7.06. The predicted octanol–water partition coefficient (Wildman–Crippen LogP) is 5.30. The Labute approximate surface area is 171 Å². The number of hydrogen-bond acceptors (Lipinski definition) is 2. The highest BCUT2D eigenvalue weighted by Gasteiger charge is 2.32. The number of rotatable bonds is 3. The van der Waals surface area contributed by atoms with Crippen molar-refractivity contribution in [1.29, 1.82) is 0 Å². The third-order valence-electron chi connectivity index (χ3n) is 5.64. The van der Waals surface area contributed by atoms with E-state index in [9.17, 15) is 0 Å². The first-order chi connectivity index (χ1) is 11.3. The molecule has 0 amide bonds. The molecule has 2 heterocycles. The van der Waals surface area contributed by atoms with Crippen molar-refractivity contribution in [3.63, 3.8) is 0 Å². The zero-order valence-electron chi connectivity index (χ0n) is 14.5. The third kappa shape index (κ3) is 4.54. The van der Waals surface area contributed by atoms with E-state index in [1.54, 1.807) is 0 Å². The van der Waals surface area contributed by atoms with Gasteiger partial charge in [0.1, 0.15) is 0 Å². The van der Waals surface area contributed by atoms with Crippen LogP contribution in [0.25, 0.3) is 10.9 Å². The molecule has 0 spiro atoms. The summed E-state index contributed by atoms with van der Waals surface area (Å²) in [5.74, 6) is 0.805. The van der Waals surface area contributed by atoms with Crippen LogP contribution in [0.15, 0.2) is 28.9 Å². The Morgan fingerprint density at radius 1 is 1.04 bits per heavy atom. The molecule has 3 nitrogen and oxygen atoms in total. The lowest BCUT2D eigenvalue weighted by atomic mass is 9.80. The Balaban J connectivity index is 0.00000113. The van der Waals surface area contributed by atoms with Crippen LogP contribution in [0.3, 0.4) is 0 Å². The van der Waals surface area contributed by atoms with Crippen molar-refractivity contribution in [3.8, 4) is 0 Å². The van der Waals surface area contributed by atoms with Gasteiger partial charge in [-0.3, -0.25) is 4.90 Å². The molecule has 1 aliphatic carbocycles. The maximum Gasteiger partial charge on any atom is 0.0458 e. The molecule has 1 saturated carbocycles. The van der Waals surface area contributed by atoms with Gasteiger partial charge in [0.25, 0.3) is 0 Å². The van der Waals surface area contributed by atoms with Crippen molar-refractivity contribution in [1.82, 2.24) is 15.2 Å². The minimum Gasteiger partial charge on any atom is -0.361 e. The summed E-state index contributed by atoms with van der Waals surface area (Å²) >= 11 is 3.65. The molecule has 0 bridgehead atoms. The van der Waals surface area contributed by atoms with Crippen molar-refractivity contribution in [2.75, 3.05) is 26.2 Å². The molecule has 1 atom stereocenters. The zero-order valence-corrected chi connectivity index (χ0v) is 17.7. The van der Waals surface area contributed by atoms with E-state index < -0.39 is 0 Å². The largest absolute Gasteiger partial charge is 0.361 e. The number of halogens is 3. The van der Waals surface area contributed by atoms with Crippen molar-refractivity contribution in [2.45, 2.75) is 38.1 Å². The molecule has 2 fully saturated rings. The van der Waals surface area contributed by atoms with Gasteiger partial charge in [-0.15, -0.1) is 24.8 Å². The van der Waals surface area contributed by atoms with Crippen molar-refractivity contribution < 1.29 is 0 Å². The van der Waals surface area contributed by atoms with Crippen LogP contribution in [0.5, 0.6) is 0 Å². The van der Waals surface area contributed by atoms with Crippen LogP contribution in [0.4, 0.5) is 0 Å². The number of nitrogens with one attached hydrogen (secondary N) is 2. The van der Waals surface area contributed by atoms with Gasteiger partial charge in [-0.2, -0.15) is 0 Å². The van der Waals surface area contributed by atoms with Gasteiger partial charge >= 0.3 is 0 Å². The monoisotopic (exact) mass is 447 g/mol. The Morgan fingerprint density at radius 3 is 2.48 bits per heavy atom. The second kappa shape index (κ2) is 9.61. The number of fused-ring (bicyclic) bond motifs is 1. The Morgan fingerprint density at radius 2 is 1.76 bits per heavy atom. The summed E-state index contributed by atoms with van der Waals surface area (Å²) in [4.78, 5) is 6.24. The molecule has 6 heteroatoms. The normalized spacial score (nSPS) is 20.7. The minimum atomic E-state index is 0. The molecular weight excluding hydrogens is 421 g/mol. The van der Waals surface area contributed by atoms with E-state index >= 15 is 0 Å². The molecule has 2 aliphatic rings. The fraction of sp³-hybridized carbons (Fsp3) is 0.579. The van der Waals surface area contributed by atoms with E-state index in [2.05, 4.69) is 55.5 Å². The van der Waals surface area contributed by atoms with Gasteiger partial charge in [-0.25, -0.2) is 0 Å². The molecule has 4 rings (SSSR count). The fourth-order valence-corrected chi connectivity index (χ4v) is 4.88. The van der Waals surface area contributed by atoms with E-state index in [-0.39, 0.29) is 24.8 Å².